The van der Waals surface area contributed by atoms with Crippen LogP contribution in [0.5, 0.6) is 17.2 Å². The van der Waals surface area contributed by atoms with E-state index in [4.69, 9.17) is 14.2 Å². The lowest BCUT2D eigenvalue weighted by Gasteiger charge is -2.39. The van der Waals surface area contributed by atoms with Crippen molar-refractivity contribution in [3.63, 3.8) is 0 Å². The normalized spacial score (nSPS) is 14.5. The highest BCUT2D eigenvalue weighted by molar-refractivity contribution is 7.34. The van der Waals surface area contributed by atoms with Gasteiger partial charge >= 0.3 is 0 Å². The lowest BCUT2D eigenvalue weighted by Crippen LogP contribution is -2.35. The molecular weight excluding hydrogens is 1400 g/mol. The summed E-state index contributed by atoms with van der Waals surface area (Å²) in [6, 6.07) is 17.0. The van der Waals surface area contributed by atoms with Crippen LogP contribution in [0.4, 0.5) is 5.69 Å². The van der Waals surface area contributed by atoms with Crippen molar-refractivity contribution >= 4 is 78.2 Å². The Kier molecular flexibility index (Phi) is 40.0. The van der Waals surface area contributed by atoms with Crippen LogP contribution in [0.15, 0.2) is 47.2 Å². The minimum Gasteiger partial charge on any atom is -0.507 e. The summed E-state index contributed by atoms with van der Waals surface area (Å²) >= 11 is 7.55. The van der Waals surface area contributed by atoms with Crippen molar-refractivity contribution in [2.24, 2.45) is 0 Å². The number of anilines is 1. The fraction of sp³-hybridized carbons (Fsp3) is 0.698. The zero-order chi connectivity index (χ0) is 76.7. The predicted molar refractivity (Wildman–Crippen MR) is 469 cm³/mol. The van der Waals surface area contributed by atoms with Crippen LogP contribution in [-0.2, 0) is 15.9 Å². The summed E-state index contributed by atoms with van der Waals surface area (Å²) in [5.74, 6) is 2.24. The molecule has 0 amide bonds. The van der Waals surface area contributed by atoms with Gasteiger partial charge in [0.2, 0.25) is 0 Å². The highest BCUT2D eigenvalue weighted by Gasteiger charge is 2.51. The Morgan fingerprint density at radius 1 is 0.407 bits per heavy atom. The third kappa shape index (κ3) is 26.3. The molecule has 12 heteroatoms. The summed E-state index contributed by atoms with van der Waals surface area (Å²) in [5, 5.41) is 42.9. The van der Waals surface area contributed by atoms with E-state index in [0.29, 0.717) is 5.57 Å². The molecule has 0 bridgehead atoms. The number of thiophene rings is 4. The zero-order valence-corrected chi connectivity index (χ0v) is 72.5. The monoisotopic (exact) mass is 1550 g/mol. The van der Waals surface area contributed by atoms with Crippen molar-refractivity contribution in [2.75, 3.05) is 19.0 Å². The Bertz CT molecular complexity index is 3580. The summed E-state index contributed by atoms with van der Waals surface area (Å²) < 4.78 is 25.4. The number of allylic oxidation sites excluding steroid dienone is 2. The fourth-order valence-corrected chi connectivity index (χ4v) is 23.2. The summed E-state index contributed by atoms with van der Waals surface area (Å²) in [5.41, 5.74) is 3.22. The standard InChI is InChI=1S/C96H144N4O4S4/c1-9-13-17-21-25-29-33-37-41-45-49-53-57-65-95(66-58-54-50-46-42-38-34-30-26-22-18-14-10-2)85-90(88-81(102-95)70-78(105-88)64-62-75-61-63-77(100(7)8)69-80(75)101)107-93-86-91(108-92(85)93)89-82(71-83(106-89)84-79(74-99)87(76(72-97)73-98)104-94(84,5)6)103-96(86,67-59-55-51-47-43-39-35-31-27-23-19-15-11-3)68-60-56-52-48-44-40-36-32-28-24-20-16-12-4/h61-64,69-71,101H,9-60,65-68H2,1-8H3/b64-62+. The maximum Gasteiger partial charge on any atom is 0.172 e. The van der Waals surface area contributed by atoms with Gasteiger partial charge in [-0.15, -0.1) is 45.3 Å². The van der Waals surface area contributed by atoms with E-state index in [1.165, 1.54) is 343 Å². The number of ether oxygens (including phenoxy) is 3. The molecule has 0 radical (unpaired) electrons. The molecule has 0 aliphatic carbocycles. The second-order valence-electron chi connectivity index (χ2n) is 33.5. The van der Waals surface area contributed by atoms with Gasteiger partial charge in [-0.25, -0.2) is 0 Å². The van der Waals surface area contributed by atoms with E-state index in [1.54, 1.807) is 11.3 Å². The Balaban J connectivity index is 1.21. The molecule has 0 unspecified atom stereocenters. The van der Waals surface area contributed by atoms with Gasteiger partial charge in [0, 0.05) is 57.9 Å². The Morgan fingerprint density at radius 2 is 0.741 bits per heavy atom. The van der Waals surface area contributed by atoms with E-state index in [1.807, 2.05) is 79.0 Å². The van der Waals surface area contributed by atoms with Gasteiger partial charge in [0.25, 0.3) is 0 Å². The molecule has 7 heterocycles. The Hall–Kier alpha value is -5.03. The second-order valence-corrected chi connectivity index (χ2v) is 37.6. The number of fused-ring (bicyclic) bond motifs is 9. The number of rotatable bonds is 60. The average Bonchev–Trinajstić information content (AvgIpc) is 1.52. The quantitative estimate of drug-likeness (QED) is 0.0302. The number of nitrogens with zero attached hydrogens (tertiary/aromatic N) is 4. The zero-order valence-electron chi connectivity index (χ0n) is 69.2. The van der Waals surface area contributed by atoms with Crippen molar-refractivity contribution in [3.8, 4) is 55.0 Å². The van der Waals surface area contributed by atoms with Gasteiger partial charge in [-0.2, -0.15) is 15.8 Å². The number of aromatic hydroxyl groups is 1. The third-order valence-corrected chi connectivity index (χ3v) is 28.9. The molecule has 3 aliphatic rings. The van der Waals surface area contributed by atoms with E-state index < -0.39 is 16.8 Å². The van der Waals surface area contributed by atoms with E-state index in [2.05, 4.69) is 76.3 Å². The van der Waals surface area contributed by atoms with E-state index >= 15 is 0 Å². The summed E-state index contributed by atoms with van der Waals surface area (Å²) in [7, 11) is 4.02. The van der Waals surface area contributed by atoms with Crippen LogP contribution in [0.2, 0.25) is 0 Å². The molecule has 1 aromatic carbocycles. The Morgan fingerprint density at radius 3 is 1.06 bits per heavy atom. The number of hydrogen-bond donors (Lipinski definition) is 1. The van der Waals surface area contributed by atoms with Crippen molar-refractivity contribution < 1.29 is 19.3 Å². The van der Waals surface area contributed by atoms with Crippen LogP contribution >= 0.6 is 45.3 Å². The van der Waals surface area contributed by atoms with Gasteiger partial charge in [-0.3, -0.25) is 0 Å². The molecule has 108 heavy (non-hydrogen) atoms. The second kappa shape index (κ2) is 48.8. The van der Waals surface area contributed by atoms with Crippen molar-refractivity contribution in [3.05, 3.63) is 73.7 Å². The molecule has 8 rings (SSSR count). The number of unbranched alkanes of at least 4 members (excludes halogenated alkanes) is 48. The molecule has 3 aliphatic heterocycles. The lowest BCUT2D eigenvalue weighted by molar-refractivity contribution is 0.0404. The molecule has 0 saturated carbocycles. The third-order valence-electron chi connectivity index (χ3n) is 23.8. The average molecular weight is 1550 g/mol. The molecule has 0 fully saturated rings. The topological polar surface area (TPSA) is 123 Å². The van der Waals surface area contributed by atoms with Crippen LogP contribution in [0, 0.1) is 34.0 Å². The van der Waals surface area contributed by atoms with Gasteiger partial charge in [-0.05, 0) is 102 Å². The highest BCUT2D eigenvalue weighted by atomic mass is 32.1. The first-order valence-electron chi connectivity index (χ1n) is 44.7. The number of nitriles is 3. The van der Waals surface area contributed by atoms with Gasteiger partial charge in [0.05, 0.1) is 28.9 Å². The van der Waals surface area contributed by atoms with Crippen LogP contribution in [0.25, 0.3) is 46.6 Å². The van der Waals surface area contributed by atoms with E-state index in [0.717, 1.165) is 88.7 Å². The van der Waals surface area contributed by atoms with Gasteiger partial charge in [-0.1, -0.05) is 336 Å². The van der Waals surface area contributed by atoms with Gasteiger partial charge in [0.15, 0.2) is 11.3 Å². The predicted octanol–water partition coefficient (Wildman–Crippen LogP) is 32.8. The number of benzene rings is 1. The molecule has 4 aromatic heterocycles. The van der Waals surface area contributed by atoms with Gasteiger partial charge < -0.3 is 24.2 Å². The van der Waals surface area contributed by atoms with Crippen molar-refractivity contribution in [1.29, 1.82) is 15.8 Å². The molecule has 8 nitrogen and oxygen atoms in total. The lowest BCUT2D eigenvalue weighted by atomic mass is 9.79. The number of phenolic OH excluding ortho intramolecular Hbond substituents is 1. The van der Waals surface area contributed by atoms with E-state index in [9.17, 15) is 20.9 Å². The SMILES string of the molecule is CCCCCCCCCCCCCCCC1(CCCCCCCCCCCCCCC)Oc2cc(/C=C/c3ccc(N(C)C)cc3O)sc2-c2sc3c4c(sc3c21)-c1sc(C2=C(C#N)C(=C(C#N)C#N)OC2(C)C)cc1OC4(CCCCCCCCCCCCCCC)CCCCCCCCCCCCCCC. The molecule has 0 saturated heterocycles. The largest absolute Gasteiger partial charge is 0.507 e. The van der Waals surface area contributed by atoms with Crippen LogP contribution in [0.3, 0.4) is 0 Å². The maximum absolute atomic E-state index is 11.4. The van der Waals surface area contributed by atoms with Gasteiger partial charge in [0.1, 0.15) is 57.8 Å². The van der Waals surface area contributed by atoms with Crippen molar-refractivity contribution in [2.45, 2.75) is 418 Å². The smallest absolute Gasteiger partial charge is 0.172 e. The summed E-state index contributed by atoms with van der Waals surface area (Å²) in [4.78, 5) is 9.05. The first kappa shape index (κ1) is 88.5. The van der Waals surface area contributed by atoms with E-state index in [-0.39, 0.29) is 22.7 Å². The molecule has 596 valence electrons. The summed E-state index contributed by atoms with van der Waals surface area (Å²) in [6.45, 7) is 13.2. The van der Waals surface area contributed by atoms with Crippen LogP contribution < -0.4 is 14.4 Å². The number of hydrogen-bond acceptors (Lipinski definition) is 12. The van der Waals surface area contributed by atoms with Crippen molar-refractivity contribution in [1.82, 2.24) is 0 Å². The summed E-state index contributed by atoms with van der Waals surface area (Å²) in [6.07, 6.45) is 76.2. The first-order valence-corrected chi connectivity index (χ1v) is 47.9. The molecular formula is C96H144N4O4S4. The molecule has 0 atom stereocenters. The highest BCUT2D eigenvalue weighted by Crippen LogP contribution is 2.66. The number of phenols is 1. The van der Waals surface area contributed by atoms with Crippen LogP contribution in [-0.4, -0.2) is 24.8 Å². The minimum absolute atomic E-state index is 0.0737. The fourth-order valence-electron chi connectivity index (χ4n) is 17.4. The van der Waals surface area contributed by atoms with Crippen LogP contribution in [0.1, 0.15) is 428 Å². The maximum atomic E-state index is 11.4. The molecule has 5 aromatic rings. The molecule has 1 N–H and O–H groups in total. The Labute approximate surface area is 674 Å². The molecule has 0 spiro atoms. The first-order chi connectivity index (χ1) is 52.8. The minimum atomic E-state index is -0.980.